The smallest absolute Gasteiger partial charge is 0.412 e. The number of ether oxygens (including phenoxy) is 4. The molecule has 0 saturated heterocycles. The molecule has 12 heteroatoms. The number of carbonyl (C=O) groups excluding carboxylic acids is 2. The van der Waals surface area contributed by atoms with Gasteiger partial charge in [-0.05, 0) is 78.0 Å². The van der Waals surface area contributed by atoms with Crippen molar-refractivity contribution in [1.82, 2.24) is 10.2 Å². The molecule has 0 bridgehead atoms. The molecule has 0 aromatic heterocycles. The summed E-state index contributed by atoms with van der Waals surface area (Å²) in [7, 11) is 1.70. The number of allylic oxidation sites excluding steroid dienone is 1. The third-order valence-corrected chi connectivity index (χ3v) is 12.3. The van der Waals surface area contributed by atoms with Crippen molar-refractivity contribution in [3.63, 3.8) is 0 Å². The second-order valence-electron chi connectivity index (χ2n) is 16.4. The van der Waals surface area contributed by atoms with E-state index in [1.807, 2.05) is 103 Å². The average Bonchev–Trinajstić information content (AvgIpc) is 3.31. The number of oxime groups is 1. The lowest BCUT2D eigenvalue weighted by atomic mass is 9.55. The second-order valence-corrected chi connectivity index (χ2v) is 16.4. The van der Waals surface area contributed by atoms with Crippen molar-refractivity contribution in [3.8, 4) is 11.5 Å². The van der Waals surface area contributed by atoms with Gasteiger partial charge in [-0.3, -0.25) is 0 Å². The normalized spacial score (nSPS) is 22.7. The molecule has 1 heterocycles. The van der Waals surface area contributed by atoms with Crippen molar-refractivity contribution in [1.29, 1.82) is 0 Å². The van der Waals surface area contributed by atoms with Gasteiger partial charge in [-0.15, -0.1) is 6.58 Å². The summed E-state index contributed by atoms with van der Waals surface area (Å²) in [5.74, 6) is -1.41. The van der Waals surface area contributed by atoms with Crippen LogP contribution in [0.15, 0.2) is 139 Å². The van der Waals surface area contributed by atoms with Crippen LogP contribution in [0.25, 0.3) is 0 Å². The quantitative estimate of drug-likeness (QED) is 0.0450. The summed E-state index contributed by atoms with van der Waals surface area (Å²) < 4.78 is 26.1. The maximum absolute atomic E-state index is 14.2. The number of fused-ring (bicyclic) bond motifs is 2. The van der Waals surface area contributed by atoms with Gasteiger partial charge in [0.15, 0.2) is 0 Å². The molecule has 0 unspecified atom stereocenters. The summed E-state index contributed by atoms with van der Waals surface area (Å²) in [5, 5.41) is 27.6. The lowest BCUT2D eigenvalue weighted by Gasteiger charge is -2.59. The summed E-state index contributed by atoms with van der Waals surface area (Å²) in [4.78, 5) is 35.2. The fraction of sp³-hybridized carbons (Fsp3) is 0.392. The molecule has 1 saturated carbocycles. The number of amides is 2. The van der Waals surface area contributed by atoms with Crippen molar-refractivity contribution < 1.29 is 43.6 Å². The molecule has 6 atom stereocenters. The first kappa shape index (κ1) is 45.1. The van der Waals surface area contributed by atoms with Crippen molar-refractivity contribution in [2.75, 3.05) is 26.9 Å². The molecule has 332 valence electrons. The van der Waals surface area contributed by atoms with Gasteiger partial charge < -0.3 is 44.2 Å². The number of nitrogens with one attached hydrogen (secondary N) is 1. The SMILES string of the molecule is C=CCO[C@@]12Oc3ccc(OC(=O)NCc4ccccc4)cc3[C@H]3[C@H](CCCCO)[C@@H](CCCCO)C=C(C(=NOCc4ccccc4)C[C@@H]1N(C)C(=O)OCc1ccccc1)[C@H]32. The van der Waals surface area contributed by atoms with Crippen LogP contribution >= 0.6 is 0 Å². The molecular weight excluding hydrogens is 799 g/mol. The third kappa shape index (κ3) is 10.8. The standard InChI is InChI=1S/C51H59N3O9/c1-3-29-60-51-46(54(2)50(58)59-34-37-19-9-5-10-20-37)32-44(53-61-35-38-21-11-6-12-22-38)42-30-39(23-13-15-27-55)41(24-14-16-28-56)47(48(42)51)43-31-40(25-26-45(43)63-51)62-49(57)52-33-36-17-7-4-8-18-36/h3-12,17-22,25-26,30-31,39,41,46-48,55-56H,1,13-16,23-24,27-29,32-35H2,2H3,(H,52,57)/t39-,41+,46-,47+,48+,51+/m0/s1. The van der Waals surface area contributed by atoms with E-state index in [1.54, 1.807) is 24.1 Å². The first-order chi connectivity index (χ1) is 30.8. The van der Waals surface area contributed by atoms with Gasteiger partial charge in [-0.25, -0.2) is 9.59 Å². The average molecular weight is 858 g/mol. The highest BCUT2D eigenvalue weighted by atomic mass is 16.7. The van der Waals surface area contributed by atoms with E-state index in [4.69, 9.17) is 28.9 Å². The van der Waals surface area contributed by atoms with E-state index in [1.165, 1.54) is 0 Å². The highest BCUT2D eigenvalue weighted by molar-refractivity contribution is 6.03. The third-order valence-electron chi connectivity index (χ3n) is 12.3. The molecule has 1 aliphatic heterocycles. The Balaban J connectivity index is 1.34. The molecule has 4 aromatic carbocycles. The van der Waals surface area contributed by atoms with Gasteiger partial charge in [0.2, 0.25) is 5.79 Å². The molecule has 3 aliphatic rings. The molecule has 4 aromatic rings. The van der Waals surface area contributed by atoms with E-state index >= 15 is 0 Å². The number of hydrogen-bond donors (Lipinski definition) is 3. The van der Waals surface area contributed by atoms with E-state index in [0.29, 0.717) is 36.6 Å². The predicted molar refractivity (Wildman–Crippen MR) is 240 cm³/mol. The minimum Gasteiger partial charge on any atom is -0.459 e. The van der Waals surface area contributed by atoms with Crippen LogP contribution in [0.5, 0.6) is 11.5 Å². The molecule has 1 fully saturated rings. The van der Waals surface area contributed by atoms with Gasteiger partial charge in [0.05, 0.1) is 18.2 Å². The topological polar surface area (TPSA) is 148 Å². The van der Waals surface area contributed by atoms with Crippen LogP contribution in [0.4, 0.5) is 9.59 Å². The van der Waals surface area contributed by atoms with Gasteiger partial charge >= 0.3 is 12.2 Å². The number of rotatable bonds is 20. The zero-order valence-electron chi connectivity index (χ0n) is 36.0. The summed E-state index contributed by atoms with van der Waals surface area (Å²) in [5.41, 5.74) is 5.13. The van der Waals surface area contributed by atoms with Crippen LogP contribution in [0.1, 0.15) is 73.1 Å². The summed E-state index contributed by atoms with van der Waals surface area (Å²) in [6.07, 6.45) is 7.40. The summed E-state index contributed by atoms with van der Waals surface area (Å²) in [6.45, 7) is 4.87. The predicted octanol–water partition coefficient (Wildman–Crippen LogP) is 9.08. The summed E-state index contributed by atoms with van der Waals surface area (Å²) >= 11 is 0. The van der Waals surface area contributed by atoms with Crippen molar-refractivity contribution in [3.05, 3.63) is 156 Å². The number of aliphatic hydroxyl groups is 2. The molecular formula is C51H59N3O9. The molecule has 63 heavy (non-hydrogen) atoms. The maximum atomic E-state index is 14.2. The number of hydrogen-bond acceptors (Lipinski definition) is 10. The van der Waals surface area contributed by atoms with E-state index < -0.39 is 29.9 Å². The van der Waals surface area contributed by atoms with Crippen LogP contribution < -0.4 is 14.8 Å². The monoisotopic (exact) mass is 857 g/mol. The van der Waals surface area contributed by atoms with Gasteiger partial charge in [0, 0.05) is 44.7 Å². The van der Waals surface area contributed by atoms with E-state index in [9.17, 15) is 19.8 Å². The molecule has 12 nitrogen and oxygen atoms in total. The van der Waals surface area contributed by atoms with Gasteiger partial charge in [0.1, 0.15) is 30.8 Å². The summed E-state index contributed by atoms with van der Waals surface area (Å²) in [6, 6.07) is 33.6. The first-order valence-corrected chi connectivity index (χ1v) is 22.0. The van der Waals surface area contributed by atoms with Gasteiger partial charge in [-0.1, -0.05) is 121 Å². The number of carbonyl (C=O) groups is 2. The molecule has 2 amide bonds. The molecule has 0 radical (unpaired) electrons. The number of benzene rings is 4. The molecule has 3 N–H and O–H groups in total. The van der Waals surface area contributed by atoms with Crippen LogP contribution in [-0.2, 0) is 34.1 Å². The zero-order chi connectivity index (χ0) is 44.0. The lowest BCUT2D eigenvalue weighted by Crippen LogP contribution is -2.69. The Labute approximate surface area is 370 Å². The zero-order valence-corrected chi connectivity index (χ0v) is 36.0. The number of likely N-dealkylation sites (N-methyl/N-ethyl adjacent to an activating group) is 1. The van der Waals surface area contributed by atoms with Crippen LogP contribution in [0, 0.1) is 17.8 Å². The van der Waals surface area contributed by atoms with Crippen LogP contribution in [-0.4, -0.2) is 71.7 Å². The van der Waals surface area contributed by atoms with Crippen molar-refractivity contribution >= 4 is 17.9 Å². The van der Waals surface area contributed by atoms with E-state index in [2.05, 4.69) is 18.0 Å². The minimum absolute atomic E-state index is 0.0129. The van der Waals surface area contributed by atoms with Crippen LogP contribution in [0.3, 0.4) is 0 Å². The Morgan fingerprint density at radius 3 is 2.19 bits per heavy atom. The molecule has 0 spiro atoms. The highest BCUT2D eigenvalue weighted by Crippen LogP contribution is 2.61. The minimum atomic E-state index is -1.46. The number of unbranched alkanes of at least 4 members (excludes halogenated alkanes) is 2. The van der Waals surface area contributed by atoms with E-state index in [-0.39, 0.29) is 57.2 Å². The van der Waals surface area contributed by atoms with Gasteiger partial charge in [0.25, 0.3) is 0 Å². The largest absolute Gasteiger partial charge is 0.459 e. The fourth-order valence-electron chi connectivity index (χ4n) is 9.41. The second kappa shape index (κ2) is 21.9. The Hall–Kier alpha value is -5.95. The Morgan fingerprint density at radius 1 is 0.873 bits per heavy atom. The maximum Gasteiger partial charge on any atom is 0.412 e. The Morgan fingerprint density at radius 2 is 1.52 bits per heavy atom. The van der Waals surface area contributed by atoms with Crippen LogP contribution in [0.2, 0.25) is 0 Å². The molecule has 2 aliphatic carbocycles. The Kier molecular flexibility index (Phi) is 15.7. The number of aliphatic hydroxyl groups excluding tert-OH is 2. The van der Waals surface area contributed by atoms with Gasteiger partial charge in [-0.2, -0.15) is 0 Å². The Bertz CT molecular complexity index is 2180. The van der Waals surface area contributed by atoms with Crippen molar-refractivity contribution in [2.24, 2.45) is 22.9 Å². The fourth-order valence-corrected chi connectivity index (χ4v) is 9.41. The van der Waals surface area contributed by atoms with Crippen molar-refractivity contribution in [2.45, 2.75) is 82.5 Å². The van der Waals surface area contributed by atoms with E-state index in [0.717, 1.165) is 53.5 Å². The molecule has 7 rings (SSSR count). The lowest BCUT2D eigenvalue weighted by molar-refractivity contribution is -0.253. The number of nitrogens with zero attached hydrogens (tertiary/aromatic N) is 2. The highest BCUT2D eigenvalue weighted by Gasteiger charge is 2.65. The first-order valence-electron chi connectivity index (χ1n) is 22.0.